The number of phenols is 1. The number of nitrogens with zero attached hydrogens (tertiary/aromatic N) is 1. The smallest absolute Gasteiger partial charge is 0.338 e. The van der Waals surface area contributed by atoms with Crippen LogP contribution in [0.5, 0.6) is 5.75 Å². The normalized spacial score (nSPS) is 17.1. The van der Waals surface area contributed by atoms with Crippen molar-refractivity contribution in [2.75, 3.05) is 0 Å². The predicted octanol–water partition coefficient (Wildman–Crippen LogP) is 2.72. The number of carbonyl (C=O) groups excluding carboxylic acids is 6. The summed E-state index contributed by atoms with van der Waals surface area (Å²) in [6, 6.07) is 8.34. The van der Waals surface area contributed by atoms with Crippen LogP contribution in [0, 0.1) is 24.7 Å². The number of aryl methyl sites for hydroxylation is 1. The minimum atomic E-state index is -2.55. The Morgan fingerprint density at radius 1 is 0.860 bits per heavy atom. The fourth-order valence-electron chi connectivity index (χ4n) is 6.55. The van der Waals surface area contributed by atoms with Crippen molar-refractivity contribution in [1.82, 2.24) is 15.5 Å². The van der Waals surface area contributed by atoms with Gasteiger partial charge in [-0.15, -0.1) is 0 Å². The van der Waals surface area contributed by atoms with E-state index in [1.165, 1.54) is 36.4 Å². The molecule has 16 heteroatoms. The van der Waals surface area contributed by atoms with Crippen molar-refractivity contribution in [2.24, 2.45) is 29.2 Å². The number of primary amides is 1. The van der Waals surface area contributed by atoms with Crippen LogP contribution in [-0.2, 0) is 35.2 Å². The summed E-state index contributed by atoms with van der Waals surface area (Å²) in [5.74, 6) is -6.74. The van der Waals surface area contributed by atoms with Gasteiger partial charge in [-0.05, 0) is 72.9 Å². The van der Waals surface area contributed by atoms with Crippen molar-refractivity contribution in [3.05, 3.63) is 75.6 Å². The molecule has 4 atom stereocenters. The van der Waals surface area contributed by atoms with Crippen LogP contribution in [0.15, 0.2) is 57.7 Å². The second kappa shape index (κ2) is 19.3. The molecule has 1 aliphatic heterocycles. The molecule has 0 saturated carbocycles. The summed E-state index contributed by atoms with van der Waals surface area (Å²) < 4.78 is 4.97. The molecule has 3 aromatic rings. The third kappa shape index (κ3) is 11.3. The molecule has 0 bridgehead atoms. The standard InChI is InChI=1S/C30H44N4O8.C11H9NO3/c1-16(2)13-21(31)26(38)32-22(14-17(3)4)27(39)33-25(18(5)6)28(40)34-24(37)12-11-23(36)30(34,29(41)42)15-19-7-9-20(35)10-8-19;1-6-4-10(13)15-9-5-7(11(12)14)2-3-8(6)9/h7-10,16-18,21-22,25,35H,11-15,31H2,1-6H3,(H,32,38)(H,33,39)(H,41,42);2-5H,1H3,(H2,12,14)/t21-,22-,25-,30+;/m0./s1. The number of ketones is 1. The lowest BCUT2D eigenvalue weighted by Crippen LogP contribution is -2.70. The van der Waals surface area contributed by atoms with Crippen LogP contribution in [0.3, 0.4) is 0 Å². The number of likely N-dealkylation sites (tertiary alicyclic amines) is 1. The van der Waals surface area contributed by atoms with Crippen molar-refractivity contribution in [2.45, 2.75) is 104 Å². The lowest BCUT2D eigenvalue weighted by atomic mass is 9.79. The molecule has 16 nitrogen and oxygen atoms in total. The first-order valence-electron chi connectivity index (χ1n) is 18.7. The second-order valence-corrected chi connectivity index (χ2v) is 15.5. The maximum absolute atomic E-state index is 14.0. The Labute approximate surface area is 330 Å². The molecular weight excluding hydrogens is 738 g/mol. The topological polar surface area (TPSA) is 270 Å². The van der Waals surface area contributed by atoms with E-state index in [0.29, 0.717) is 28.0 Å². The summed E-state index contributed by atoms with van der Waals surface area (Å²) in [4.78, 5) is 102. The molecule has 1 aromatic heterocycles. The Hall–Kier alpha value is -5.90. The fourth-order valence-corrected chi connectivity index (χ4v) is 6.55. The third-order valence-corrected chi connectivity index (χ3v) is 9.50. The Morgan fingerprint density at radius 3 is 2.02 bits per heavy atom. The first-order chi connectivity index (χ1) is 26.6. The lowest BCUT2D eigenvalue weighted by molar-refractivity contribution is -0.175. The Kier molecular flexibility index (Phi) is 15.4. The SMILES string of the molecule is CC(C)C[C@H](NC(=O)[C@@H](N)CC(C)C)C(=O)N[C@H](C(=O)N1C(=O)CCC(=O)[C@]1(Cc1ccc(O)cc1)C(=O)O)C(C)C.Cc1cc(=O)oc2cc(C(N)=O)ccc12. The van der Waals surface area contributed by atoms with Crippen LogP contribution in [0.25, 0.3) is 11.0 Å². The number of aromatic hydroxyl groups is 1. The minimum absolute atomic E-state index is 0.0261. The number of amides is 5. The van der Waals surface area contributed by atoms with E-state index in [4.69, 9.17) is 15.9 Å². The molecule has 1 saturated heterocycles. The number of rotatable bonds is 14. The van der Waals surface area contributed by atoms with Crippen LogP contribution in [0.1, 0.15) is 88.7 Å². The van der Waals surface area contributed by atoms with Crippen LogP contribution >= 0.6 is 0 Å². The molecular formula is C41H53N5O11. The number of carboxylic acid groups (broad SMARTS) is 1. The zero-order valence-electron chi connectivity index (χ0n) is 33.3. The zero-order chi connectivity index (χ0) is 42.9. The van der Waals surface area contributed by atoms with Crippen molar-refractivity contribution in [3.8, 4) is 5.75 Å². The number of piperidine rings is 1. The van der Waals surface area contributed by atoms with E-state index in [9.17, 15) is 48.6 Å². The maximum atomic E-state index is 14.0. The first-order valence-corrected chi connectivity index (χ1v) is 18.7. The van der Waals surface area contributed by atoms with E-state index >= 15 is 0 Å². The predicted molar refractivity (Wildman–Crippen MR) is 210 cm³/mol. The highest BCUT2D eigenvalue weighted by atomic mass is 16.4. The average molecular weight is 792 g/mol. The molecule has 0 radical (unpaired) electrons. The highest BCUT2D eigenvalue weighted by Gasteiger charge is 2.59. The molecule has 8 N–H and O–H groups in total. The van der Waals surface area contributed by atoms with Crippen molar-refractivity contribution >= 4 is 52.3 Å². The molecule has 4 rings (SSSR count). The molecule has 57 heavy (non-hydrogen) atoms. The highest BCUT2D eigenvalue weighted by Crippen LogP contribution is 2.32. The van der Waals surface area contributed by atoms with Gasteiger partial charge in [-0.25, -0.2) is 9.59 Å². The molecule has 5 amide bonds. The van der Waals surface area contributed by atoms with Gasteiger partial charge in [-0.1, -0.05) is 59.7 Å². The summed E-state index contributed by atoms with van der Waals surface area (Å²) in [7, 11) is 0. The molecule has 308 valence electrons. The van der Waals surface area contributed by atoms with Gasteiger partial charge in [0.25, 0.3) is 5.91 Å². The monoisotopic (exact) mass is 791 g/mol. The minimum Gasteiger partial charge on any atom is -0.508 e. The van der Waals surface area contributed by atoms with E-state index in [0.717, 1.165) is 10.9 Å². The van der Waals surface area contributed by atoms with Gasteiger partial charge in [0.2, 0.25) is 29.2 Å². The number of carboxylic acids is 1. The van der Waals surface area contributed by atoms with E-state index in [1.807, 2.05) is 34.6 Å². The molecule has 0 spiro atoms. The van der Waals surface area contributed by atoms with Gasteiger partial charge < -0.3 is 36.7 Å². The number of hydrogen-bond donors (Lipinski definition) is 6. The third-order valence-electron chi connectivity index (χ3n) is 9.50. The highest BCUT2D eigenvalue weighted by molar-refractivity contribution is 6.19. The van der Waals surface area contributed by atoms with Gasteiger partial charge in [0.15, 0.2) is 5.78 Å². The van der Waals surface area contributed by atoms with Gasteiger partial charge in [0.05, 0.1) is 6.04 Å². The zero-order valence-corrected chi connectivity index (χ0v) is 33.3. The molecule has 0 aliphatic carbocycles. The van der Waals surface area contributed by atoms with E-state index in [2.05, 4.69) is 10.6 Å². The fraction of sp³-hybridized carbons (Fsp3) is 0.463. The number of phenolic OH excluding ortho intramolecular Hbond substituents is 1. The summed E-state index contributed by atoms with van der Waals surface area (Å²) in [6.45, 7) is 12.6. The van der Waals surface area contributed by atoms with Crippen LogP contribution < -0.4 is 27.7 Å². The van der Waals surface area contributed by atoms with Crippen molar-refractivity contribution < 1.29 is 48.2 Å². The summed E-state index contributed by atoms with van der Waals surface area (Å²) in [6.07, 6.45) is -0.625. The number of benzene rings is 2. The Balaban J connectivity index is 0.000000479. The van der Waals surface area contributed by atoms with Crippen molar-refractivity contribution in [1.29, 1.82) is 0 Å². The number of nitrogens with one attached hydrogen (secondary N) is 2. The van der Waals surface area contributed by atoms with Gasteiger partial charge in [-0.2, -0.15) is 0 Å². The van der Waals surface area contributed by atoms with Crippen LogP contribution in [0.4, 0.5) is 0 Å². The molecule has 1 aliphatic rings. The summed E-state index contributed by atoms with van der Waals surface area (Å²) in [5.41, 5.74) is 9.99. The van der Waals surface area contributed by atoms with Crippen molar-refractivity contribution in [3.63, 3.8) is 0 Å². The van der Waals surface area contributed by atoms with Gasteiger partial charge >= 0.3 is 11.6 Å². The van der Waals surface area contributed by atoms with Crippen LogP contribution in [0.2, 0.25) is 0 Å². The van der Waals surface area contributed by atoms with Gasteiger partial charge in [0, 0.05) is 36.3 Å². The summed E-state index contributed by atoms with van der Waals surface area (Å²) >= 11 is 0. The molecule has 1 fully saturated rings. The van der Waals surface area contributed by atoms with E-state index in [1.54, 1.807) is 26.0 Å². The number of aliphatic carboxylic acids is 1. The van der Waals surface area contributed by atoms with Gasteiger partial charge in [0.1, 0.15) is 23.4 Å². The number of imide groups is 1. The van der Waals surface area contributed by atoms with Crippen LogP contribution in [-0.4, -0.2) is 80.1 Å². The average Bonchev–Trinajstić information content (AvgIpc) is 3.11. The number of hydrogen-bond acceptors (Lipinski definition) is 11. The molecule has 2 heterocycles. The summed E-state index contributed by atoms with van der Waals surface area (Å²) in [5, 5.41) is 26.1. The largest absolute Gasteiger partial charge is 0.508 e. The first kappa shape index (κ1) is 45.5. The number of fused-ring (bicyclic) bond motifs is 1. The molecule has 0 unspecified atom stereocenters. The number of nitrogens with two attached hydrogens (primary N) is 2. The Morgan fingerprint density at radius 2 is 1.47 bits per heavy atom. The lowest BCUT2D eigenvalue weighted by Gasteiger charge is -2.43. The quantitative estimate of drug-likeness (QED) is 0.102. The number of carbonyl (C=O) groups is 7. The number of Topliss-reactive ketones (excluding diaryl/α,β-unsaturated/α-hetero) is 1. The van der Waals surface area contributed by atoms with E-state index < -0.39 is 82.9 Å². The molecule has 2 aromatic carbocycles. The second-order valence-electron chi connectivity index (χ2n) is 15.5. The van der Waals surface area contributed by atoms with E-state index in [-0.39, 0.29) is 36.8 Å². The Bertz CT molecular complexity index is 2060. The maximum Gasteiger partial charge on any atom is 0.338 e. The van der Waals surface area contributed by atoms with Gasteiger partial charge in [-0.3, -0.25) is 33.7 Å².